The number of nitrogens with one attached hydrogen (secondary N) is 2. The van der Waals surface area contributed by atoms with Gasteiger partial charge in [-0.2, -0.15) is 0 Å². The molecule has 2 N–H and O–H groups in total. The Morgan fingerprint density at radius 2 is 2.59 bits per heavy atom. The second-order valence-electron chi connectivity index (χ2n) is 4.07. The van der Waals surface area contributed by atoms with E-state index in [0.29, 0.717) is 32.1 Å². The van der Waals surface area contributed by atoms with Crippen molar-refractivity contribution in [2.45, 2.75) is 25.9 Å². The summed E-state index contributed by atoms with van der Waals surface area (Å²) in [4.78, 5) is 15.6. The van der Waals surface area contributed by atoms with E-state index in [1.165, 1.54) is 0 Å². The fourth-order valence-electron chi connectivity index (χ4n) is 1.70. The van der Waals surface area contributed by atoms with Crippen LogP contribution in [0.2, 0.25) is 0 Å². The predicted octanol–water partition coefficient (Wildman–Crippen LogP) is -0.0223. The number of hydrogen-bond donors (Lipinski definition) is 2. The Labute approximate surface area is 99.7 Å². The molecule has 0 aromatic carbocycles. The molecule has 94 valence electrons. The van der Waals surface area contributed by atoms with Crippen molar-refractivity contribution in [2.24, 2.45) is 0 Å². The highest BCUT2D eigenvalue weighted by atomic mass is 16.5. The molecule has 1 aliphatic heterocycles. The lowest BCUT2D eigenvalue weighted by atomic mass is 10.2. The molecule has 1 aromatic heterocycles. The zero-order valence-electron chi connectivity index (χ0n) is 9.86. The van der Waals surface area contributed by atoms with Crippen LogP contribution in [0.5, 0.6) is 0 Å². The zero-order chi connectivity index (χ0) is 12.1. The molecule has 1 saturated heterocycles. The largest absolute Gasteiger partial charge is 0.444 e. The average Bonchev–Trinajstić information content (AvgIpc) is 2.74. The fourth-order valence-corrected chi connectivity index (χ4v) is 1.70. The second kappa shape index (κ2) is 5.79. The van der Waals surface area contributed by atoms with Gasteiger partial charge in [0, 0.05) is 19.0 Å². The van der Waals surface area contributed by atoms with Gasteiger partial charge in [0.1, 0.15) is 5.76 Å². The van der Waals surface area contributed by atoms with Crippen LogP contribution in [0.1, 0.15) is 18.1 Å². The summed E-state index contributed by atoms with van der Waals surface area (Å²) in [5.74, 6) is 1.25. The Morgan fingerprint density at radius 3 is 3.24 bits per heavy atom. The first kappa shape index (κ1) is 12.1. The molecule has 17 heavy (non-hydrogen) atoms. The van der Waals surface area contributed by atoms with Gasteiger partial charge >= 0.3 is 0 Å². The van der Waals surface area contributed by atoms with Crippen LogP contribution in [-0.4, -0.2) is 36.7 Å². The highest BCUT2D eigenvalue weighted by Gasteiger charge is 2.16. The van der Waals surface area contributed by atoms with Gasteiger partial charge in [-0.25, -0.2) is 4.98 Å². The summed E-state index contributed by atoms with van der Waals surface area (Å²) in [5.41, 5.74) is 0. The molecule has 6 heteroatoms. The summed E-state index contributed by atoms with van der Waals surface area (Å²) in [7, 11) is 0. The monoisotopic (exact) mass is 239 g/mol. The molecule has 0 radical (unpaired) electrons. The van der Waals surface area contributed by atoms with E-state index in [2.05, 4.69) is 15.6 Å². The van der Waals surface area contributed by atoms with Crippen molar-refractivity contribution in [2.75, 3.05) is 19.8 Å². The maximum Gasteiger partial charge on any atom is 0.222 e. The third-order valence-electron chi connectivity index (χ3n) is 2.54. The van der Waals surface area contributed by atoms with Crippen molar-refractivity contribution >= 4 is 5.91 Å². The summed E-state index contributed by atoms with van der Waals surface area (Å²) in [6, 6.07) is 0.107. The number of ether oxygens (including phenoxy) is 1. The van der Waals surface area contributed by atoms with E-state index in [-0.39, 0.29) is 11.9 Å². The quantitative estimate of drug-likeness (QED) is 0.772. The Bertz CT molecular complexity index is 372. The van der Waals surface area contributed by atoms with Gasteiger partial charge in [-0.3, -0.25) is 4.79 Å². The fraction of sp³-hybridized carbons (Fsp3) is 0.636. The molecule has 6 nitrogen and oxygen atoms in total. The minimum absolute atomic E-state index is 0.0242. The lowest BCUT2D eigenvalue weighted by Gasteiger charge is -2.23. The third kappa shape index (κ3) is 3.83. The molecule has 2 heterocycles. The first-order chi connectivity index (χ1) is 8.24. The molecule has 2 rings (SSSR count). The first-order valence-corrected chi connectivity index (χ1v) is 5.73. The summed E-state index contributed by atoms with van der Waals surface area (Å²) in [6.07, 6.45) is 2.05. The van der Waals surface area contributed by atoms with E-state index in [1.54, 1.807) is 6.20 Å². The van der Waals surface area contributed by atoms with Crippen molar-refractivity contribution in [1.29, 1.82) is 0 Å². The average molecular weight is 239 g/mol. The van der Waals surface area contributed by atoms with Crippen molar-refractivity contribution in [1.82, 2.24) is 15.6 Å². The number of aromatic nitrogens is 1. The van der Waals surface area contributed by atoms with Gasteiger partial charge in [-0.05, 0) is 6.92 Å². The number of nitrogens with zero attached hydrogens (tertiary/aromatic N) is 1. The molecular formula is C11H17N3O3. The normalized spacial score (nSPS) is 20.2. The highest BCUT2D eigenvalue weighted by molar-refractivity contribution is 5.76. The third-order valence-corrected chi connectivity index (χ3v) is 2.54. The SMILES string of the molecule is Cc1cnc(CNC(=O)CC2COCCN2)o1. The first-order valence-electron chi connectivity index (χ1n) is 5.73. The molecule has 0 saturated carbocycles. The predicted molar refractivity (Wildman–Crippen MR) is 60.3 cm³/mol. The van der Waals surface area contributed by atoms with Gasteiger partial charge < -0.3 is 19.8 Å². The van der Waals surface area contributed by atoms with Gasteiger partial charge in [-0.15, -0.1) is 0 Å². The van der Waals surface area contributed by atoms with Crippen LogP contribution in [0.15, 0.2) is 10.6 Å². The Morgan fingerprint density at radius 1 is 1.71 bits per heavy atom. The number of amides is 1. The van der Waals surface area contributed by atoms with E-state index in [0.717, 1.165) is 12.3 Å². The summed E-state index contributed by atoms with van der Waals surface area (Å²) >= 11 is 0. The van der Waals surface area contributed by atoms with Crippen molar-refractivity contribution < 1.29 is 13.9 Å². The number of oxazole rings is 1. The standard InChI is InChI=1S/C11H17N3O3/c1-8-5-14-11(17-8)6-13-10(15)4-9-7-16-3-2-12-9/h5,9,12H,2-4,6-7H2,1H3,(H,13,15). The summed E-state index contributed by atoms with van der Waals surface area (Å²) < 4.78 is 10.5. The molecule has 1 fully saturated rings. The van der Waals surface area contributed by atoms with E-state index in [4.69, 9.17) is 9.15 Å². The van der Waals surface area contributed by atoms with Gasteiger partial charge in [0.15, 0.2) is 0 Å². The van der Waals surface area contributed by atoms with Crippen LogP contribution in [0.4, 0.5) is 0 Å². The van der Waals surface area contributed by atoms with Crippen LogP contribution < -0.4 is 10.6 Å². The molecule has 0 aliphatic carbocycles. The molecule has 1 aliphatic rings. The topological polar surface area (TPSA) is 76.4 Å². The Kier molecular flexibility index (Phi) is 4.11. The van der Waals surface area contributed by atoms with Crippen LogP contribution >= 0.6 is 0 Å². The number of rotatable bonds is 4. The van der Waals surface area contributed by atoms with Crippen LogP contribution in [-0.2, 0) is 16.1 Å². The lowest BCUT2D eigenvalue weighted by Crippen LogP contribution is -2.44. The van der Waals surface area contributed by atoms with Crippen molar-refractivity contribution in [3.63, 3.8) is 0 Å². The highest BCUT2D eigenvalue weighted by Crippen LogP contribution is 2.02. The van der Waals surface area contributed by atoms with Crippen LogP contribution in [0.3, 0.4) is 0 Å². The van der Waals surface area contributed by atoms with Crippen molar-refractivity contribution in [3.8, 4) is 0 Å². The van der Waals surface area contributed by atoms with Gasteiger partial charge in [0.25, 0.3) is 0 Å². The minimum Gasteiger partial charge on any atom is -0.444 e. The molecule has 1 atom stereocenters. The molecular weight excluding hydrogens is 222 g/mol. The maximum absolute atomic E-state index is 11.6. The molecule has 0 spiro atoms. The molecule has 1 unspecified atom stereocenters. The van der Waals surface area contributed by atoms with Gasteiger partial charge in [0.05, 0.1) is 26.0 Å². The number of aryl methyl sites for hydroxylation is 1. The van der Waals surface area contributed by atoms with E-state index in [1.807, 2.05) is 6.92 Å². The van der Waals surface area contributed by atoms with Gasteiger partial charge in [0.2, 0.25) is 11.8 Å². The Hall–Kier alpha value is -1.40. The maximum atomic E-state index is 11.6. The van der Waals surface area contributed by atoms with E-state index >= 15 is 0 Å². The van der Waals surface area contributed by atoms with Crippen LogP contribution in [0, 0.1) is 6.92 Å². The smallest absolute Gasteiger partial charge is 0.222 e. The summed E-state index contributed by atoms with van der Waals surface area (Å²) in [5, 5.41) is 6.00. The number of carbonyl (C=O) groups excluding carboxylic acids is 1. The molecule has 0 bridgehead atoms. The lowest BCUT2D eigenvalue weighted by molar-refractivity contribution is -0.122. The van der Waals surface area contributed by atoms with Gasteiger partial charge in [-0.1, -0.05) is 0 Å². The number of carbonyl (C=O) groups is 1. The number of hydrogen-bond acceptors (Lipinski definition) is 5. The van der Waals surface area contributed by atoms with E-state index < -0.39 is 0 Å². The number of morpholine rings is 1. The molecule has 1 aromatic rings. The minimum atomic E-state index is -0.0242. The molecule has 1 amide bonds. The summed E-state index contributed by atoms with van der Waals surface area (Å²) in [6.45, 7) is 4.26. The van der Waals surface area contributed by atoms with E-state index in [9.17, 15) is 4.79 Å². The van der Waals surface area contributed by atoms with Crippen LogP contribution in [0.25, 0.3) is 0 Å². The van der Waals surface area contributed by atoms with Crippen molar-refractivity contribution in [3.05, 3.63) is 17.8 Å². The second-order valence-corrected chi connectivity index (χ2v) is 4.07. The zero-order valence-corrected chi connectivity index (χ0v) is 9.86. The Balaban J connectivity index is 1.70.